The standard InChI is InChI=1S/C31H52O3/c1-21(2)13-10-14-22(3)15-11-16-23(4)17-12-19-31(9)20-18-28-26(7)29(33-27(8)32)24(5)25(6)30(28)34-31/h21-23H,10-20H2,1-9H3/t22?,23?,31-/m1/s1. The van der Waals surface area contributed by atoms with Gasteiger partial charge in [0.15, 0.2) is 0 Å². The van der Waals surface area contributed by atoms with E-state index < -0.39 is 0 Å². The maximum atomic E-state index is 11.6. The molecule has 34 heavy (non-hydrogen) atoms. The molecule has 0 spiro atoms. The molecule has 3 atom stereocenters. The van der Waals surface area contributed by atoms with Gasteiger partial charge in [0.2, 0.25) is 0 Å². The largest absolute Gasteiger partial charge is 0.487 e. The number of hydrogen-bond donors (Lipinski definition) is 0. The highest BCUT2D eigenvalue weighted by atomic mass is 16.5. The summed E-state index contributed by atoms with van der Waals surface area (Å²) in [6.07, 6.45) is 13.9. The number of hydrogen-bond acceptors (Lipinski definition) is 3. The Balaban J connectivity index is 1.82. The second-order valence-electron chi connectivity index (χ2n) is 12.0. The molecule has 1 heterocycles. The number of carbonyl (C=O) groups excluding carboxylic acids is 1. The van der Waals surface area contributed by atoms with Crippen LogP contribution in [0.5, 0.6) is 11.5 Å². The Morgan fingerprint density at radius 2 is 1.44 bits per heavy atom. The van der Waals surface area contributed by atoms with Crippen molar-refractivity contribution in [2.45, 2.75) is 139 Å². The van der Waals surface area contributed by atoms with Gasteiger partial charge in [-0.05, 0) is 87.8 Å². The van der Waals surface area contributed by atoms with Crippen molar-refractivity contribution in [2.24, 2.45) is 17.8 Å². The Bertz CT molecular complexity index is 810. The van der Waals surface area contributed by atoms with Crippen molar-refractivity contribution in [2.75, 3.05) is 0 Å². The highest BCUT2D eigenvalue weighted by molar-refractivity contribution is 5.72. The van der Waals surface area contributed by atoms with Crippen LogP contribution in [0.25, 0.3) is 0 Å². The van der Waals surface area contributed by atoms with Crippen LogP contribution < -0.4 is 9.47 Å². The SMILES string of the molecule is CC(=O)Oc1c(C)c(C)c2c(c1C)CC[C@@](C)(CCCC(C)CCCC(C)CCCC(C)C)O2. The van der Waals surface area contributed by atoms with Gasteiger partial charge in [0.1, 0.15) is 17.1 Å². The Morgan fingerprint density at radius 3 is 2.00 bits per heavy atom. The Kier molecular flexibility index (Phi) is 11.0. The number of fused-ring (bicyclic) bond motifs is 1. The van der Waals surface area contributed by atoms with E-state index >= 15 is 0 Å². The summed E-state index contributed by atoms with van der Waals surface area (Å²) in [6, 6.07) is 0. The summed E-state index contributed by atoms with van der Waals surface area (Å²) in [6.45, 7) is 19.5. The molecule has 1 aliphatic rings. The van der Waals surface area contributed by atoms with Gasteiger partial charge >= 0.3 is 5.97 Å². The number of carbonyl (C=O) groups is 1. The van der Waals surface area contributed by atoms with E-state index in [0.717, 1.165) is 65.2 Å². The lowest BCUT2D eigenvalue weighted by molar-refractivity contribution is -0.132. The topological polar surface area (TPSA) is 35.5 Å². The lowest BCUT2D eigenvalue weighted by Gasteiger charge is -2.38. The van der Waals surface area contributed by atoms with Crippen LogP contribution in [0.15, 0.2) is 0 Å². The normalized spacial score (nSPS) is 19.5. The van der Waals surface area contributed by atoms with Crippen LogP contribution >= 0.6 is 0 Å². The minimum absolute atomic E-state index is 0.107. The third kappa shape index (κ3) is 8.31. The zero-order chi connectivity index (χ0) is 25.5. The monoisotopic (exact) mass is 472 g/mol. The molecule has 0 N–H and O–H groups in total. The molecule has 0 aliphatic carbocycles. The molecule has 0 aromatic heterocycles. The molecule has 1 aliphatic heterocycles. The van der Waals surface area contributed by atoms with Crippen LogP contribution in [0, 0.1) is 38.5 Å². The van der Waals surface area contributed by atoms with Gasteiger partial charge in [-0.2, -0.15) is 0 Å². The van der Waals surface area contributed by atoms with E-state index in [2.05, 4.69) is 48.5 Å². The molecule has 0 saturated carbocycles. The first-order valence-electron chi connectivity index (χ1n) is 13.9. The molecule has 2 rings (SSSR count). The molecule has 0 radical (unpaired) electrons. The maximum Gasteiger partial charge on any atom is 0.308 e. The first-order chi connectivity index (χ1) is 15.9. The minimum Gasteiger partial charge on any atom is -0.487 e. The molecule has 1 aromatic carbocycles. The van der Waals surface area contributed by atoms with Crippen LogP contribution in [0.4, 0.5) is 0 Å². The van der Waals surface area contributed by atoms with Crippen molar-refractivity contribution in [1.82, 2.24) is 0 Å². The molecule has 0 fully saturated rings. The van der Waals surface area contributed by atoms with Gasteiger partial charge in [-0.1, -0.05) is 72.6 Å². The Hall–Kier alpha value is -1.51. The van der Waals surface area contributed by atoms with Crippen molar-refractivity contribution >= 4 is 5.97 Å². The van der Waals surface area contributed by atoms with Gasteiger partial charge in [-0.3, -0.25) is 4.79 Å². The Morgan fingerprint density at radius 1 is 0.882 bits per heavy atom. The van der Waals surface area contributed by atoms with E-state index in [-0.39, 0.29) is 11.6 Å². The zero-order valence-corrected chi connectivity index (χ0v) is 23.7. The van der Waals surface area contributed by atoms with Gasteiger partial charge in [0.25, 0.3) is 0 Å². The average molecular weight is 473 g/mol. The number of benzene rings is 1. The maximum absolute atomic E-state index is 11.6. The fourth-order valence-electron chi connectivity index (χ4n) is 5.56. The molecule has 0 amide bonds. The van der Waals surface area contributed by atoms with E-state index in [0.29, 0.717) is 0 Å². The highest BCUT2D eigenvalue weighted by Crippen LogP contribution is 2.45. The number of ether oxygens (including phenoxy) is 2. The van der Waals surface area contributed by atoms with E-state index in [1.807, 2.05) is 6.92 Å². The summed E-state index contributed by atoms with van der Waals surface area (Å²) in [5.41, 5.74) is 4.29. The lowest BCUT2D eigenvalue weighted by atomic mass is 9.83. The molecule has 3 nitrogen and oxygen atoms in total. The van der Waals surface area contributed by atoms with Gasteiger partial charge < -0.3 is 9.47 Å². The summed E-state index contributed by atoms with van der Waals surface area (Å²) >= 11 is 0. The van der Waals surface area contributed by atoms with Gasteiger partial charge in [0, 0.05) is 12.5 Å². The number of rotatable bonds is 13. The number of esters is 1. The van der Waals surface area contributed by atoms with Crippen molar-refractivity contribution in [3.63, 3.8) is 0 Å². The third-order valence-corrected chi connectivity index (χ3v) is 8.08. The van der Waals surface area contributed by atoms with Crippen LogP contribution in [0.2, 0.25) is 0 Å². The molecular weight excluding hydrogens is 420 g/mol. The Labute approximate surface area is 210 Å². The van der Waals surface area contributed by atoms with E-state index in [4.69, 9.17) is 9.47 Å². The summed E-state index contributed by atoms with van der Waals surface area (Å²) in [5, 5.41) is 0. The van der Waals surface area contributed by atoms with E-state index in [9.17, 15) is 4.79 Å². The highest BCUT2D eigenvalue weighted by Gasteiger charge is 2.34. The van der Waals surface area contributed by atoms with E-state index in [1.54, 1.807) is 0 Å². The minimum atomic E-state index is -0.262. The second kappa shape index (κ2) is 13.0. The van der Waals surface area contributed by atoms with E-state index in [1.165, 1.54) is 63.9 Å². The first-order valence-corrected chi connectivity index (χ1v) is 13.9. The molecule has 0 saturated heterocycles. The summed E-state index contributed by atoms with van der Waals surface area (Å²) in [7, 11) is 0. The van der Waals surface area contributed by atoms with Crippen molar-refractivity contribution in [1.29, 1.82) is 0 Å². The molecule has 1 aromatic rings. The second-order valence-corrected chi connectivity index (χ2v) is 12.0. The predicted octanol–water partition coefficient (Wildman–Crippen LogP) is 9.06. The molecule has 2 unspecified atom stereocenters. The first kappa shape index (κ1) is 28.7. The molecular formula is C31H52O3. The molecule has 194 valence electrons. The predicted molar refractivity (Wildman–Crippen MR) is 144 cm³/mol. The fourth-order valence-corrected chi connectivity index (χ4v) is 5.56. The summed E-state index contributed by atoms with van der Waals surface area (Å²) in [4.78, 5) is 11.6. The van der Waals surface area contributed by atoms with Gasteiger partial charge in [-0.15, -0.1) is 0 Å². The van der Waals surface area contributed by atoms with Gasteiger partial charge in [0.05, 0.1) is 0 Å². The fraction of sp³-hybridized carbons (Fsp3) is 0.774. The van der Waals surface area contributed by atoms with Crippen molar-refractivity contribution in [3.05, 3.63) is 22.3 Å². The molecule has 3 heteroatoms. The van der Waals surface area contributed by atoms with Crippen LogP contribution in [-0.4, -0.2) is 11.6 Å². The van der Waals surface area contributed by atoms with Crippen molar-refractivity contribution < 1.29 is 14.3 Å². The third-order valence-electron chi connectivity index (χ3n) is 8.08. The quantitative estimate of drug-likeness (QED) is 0.212. The van der Waals surface area contributed by atoms with Crippen molar-refractivity contribution in [3.8, 4) is 11.5 Å². The van der Waals surface area contributed by atoms with Gasteiger partial charge in [-0.25, -0.2) is 0 Å². The average Bonchev–Trinajstić information content (AvgIpc) is 2.74. The van der Waals surface area contributed by atoms with Crippen LogP contribution in [0.3, 0.4) is 0 Å². The summed E-state index contributed by atoms with van der Waals surface area (Å²) in [5.74, 6) is 3.99. The van der Waals surface area contributed by atoms with Crippen LogP contribution in [0.1, 0.15) is 128 Å². The summed E-state index contributed by atoms with van der Waals surface area (Å²) < 4.78 is 12.2. The molecule has 0 bridgehead atoms. The zero-order valence-electron chi connectivity index (χ0n) is 23.7. The smallest absolute Gasteiger partial charge is 0.308 e. The van der Waals surface area contributed by atoms with Crippen LogP contribution in [-0.2, 0) is 11.2 Å². The lowest BCUT2D eigenvalue weighted by Crippen LogP contribution is -2.37.